The average molecular weight is 455 g/mol. The summed E-state index contributed by atoms with van der Waals surface area (Å²) in [5.41, 5.74) is 0.994. The minimum Gasteiger partial charge on any atom is -0.507 e. The van der Waals surface area contributed by atoms with Crippen LogP contribution in [0.3, 0.4) is 0 Å². The van der Waals surface area contributed by atoms with Crippen LogP contribution in [0, 0.1) is 9.39 Å². The van der Waals surface area contributed by atoms with Crippen molar-refractivity contribution in [2.75, 3.05) is 0 Å². The Morgan fingerprint density at radius 1 is 1.21 bits per heavy atom. The molecule has 0 aromatic heterocycles. The molecule has 2 aromatic carbocycles. The molecule has 0 radical (unpaired) electrons. The minimum atomic E-state index is -0.450. The molecular formula is C17H11FINO3S. The molecular weight excluding hydrogens is 444 g/mol. The summed E-state index contributed by atoms with van der Waals surface area (Å²) >= 11 is 2.80. The van der Waals surface area contributed by atoms with Crippen molar-refractivity contribution in [1.82, 2.24) is 4.90 Å². The molecule has 0 bridgehead atoms. The fourth-order valence-electron chi connectivity index (χ4n) is 2.20. The molecule has 24 heavy (non-hydrogen) atoms. The molecule has 1 heterocycles. The molecule has 1 aliphatic heterocycles. The van der Waals surface area contributed by atoms with Crippen molar-refractivity contribution in [3.05, 3.63) is 67.9 Å². The third-order valence-electron chi connectivity index (χ3n) is 3.43. The van der Waals surface area contributed by atoms with Gasteiger partial charge in [0.25, 0.3) is 11.1 Å². The number of thioether (sulfide) groups is 1. The van der Waals surface area contributed by atoms with Gasteiger partial charge in [-0.15, -0.1) is 0 Å². The number of benzene rings is 2. The Morgan fingerprint density at radius 2 is 1.96 bits per heavy atom. The van der Waals surface area contributed by atoms with Crippen LogP contribution in [0.25, 0.3) is 6.08 Å². The average Bonchev–Trinajstić information content (AvgIpc) is 2.80. The number of halogens is 2. The lowest BCUT2D eigenvalue weighted by Crippen LogP contribution is -2.27. The predicted octanol–water partition coefficient (Wildman–Crippen LogP) is 4.37. The van der Waals surface area contributed by atoms with Gasteiger partial charge in [-0.05, 0) is 64.2 Å². The first-order valence-corrected chi connectivity index (χ1v) is 8.82. The van der Waals surface area contributed by atoms with Gasteiger partial charge in [-0.2, -0.15) is 0 Å². The van der Waals surface area contributed by atoms with E-state index in [-0.39, 0.29) is 17.2 Å². The highest BCUT2D eigenvalue weighted by molar-refractivity contribution is 14.1. The van der Waals surface area contributed by atoms with Gasteiger partial charge in [-0.1, -0.05) is 24.3 Å². The van der Waals surface area contributed by atoms with E-state index in [4.69, 9.17) is 0 Å². The molecule has 2 amide bonds. The smallest absolute Gasteiger partial charge is 0.293 e. The summed E-state index contributed by atoms with van der Waals surface area (Å²) in [6.45, 7) is -0.0954. The monoisotopic (exact) mass is 455 g/mol. The number of carbonyl (C=O) groups is 2. The zero-order valence-electron chi connectivity index (χ0n) is 12.2. The van der Waals surface area contributed by atoms with Crippen molar-refractivity contribution in [2.45, 2.75) is 6.54 Å². The van der Waals surface area contributed by atoms with Crippen molar-refractivity contribution >= 4 is 51.6 Å². The third kappa shape index (κ3) is 3.46. The molecule has 0 atom stereocenters. The van der Waals surface area contributed by atoms with Gasteiger partial charge >= 0.3 is 0 Å². The number of phenolic OH excluding ortho intramolecular Hbond substituents is 1. The summed E-state index contributed by atoms with van der Waals surface area (Å²) in [7, 11) is 0. The Hall–Kier alpha value is -1.87. The molecule has 2 aromatic rings. The number of carbonyl (C=O) groups excluding carboxylic acids is 2. The van der Waals surface area contributed by atoms with Crippen LogP contribution >= 0.6 is 34.4 Å². The van der Waals surface area contributed by atoms with Crippen molar-refractivity contribution < 1.29 is 19.1 Å². The van der Waals surface area contributed by atoms with Gasteiger partial charge in [0.05, 0.1) is 15.0 Å². The maximum Gasteiger partial charge on any atom is 0.293 e. The third-order valence-corrected chi connectivity index (χ3v) is 5.20. The van der Waals surface area contributed by atoms with Crippen molar-refractivity contribution in [2.24, 2.45) is 0 Å². The normalized spacial score (nSPS) is 16.2. The van der Waals surface area contributed by atoms with E-state index in [0.29, 0.717) is 14.7 Å². The first kappa shape index (κ1) is 17.0. The maximum atomic E-state index is 13.7. The van der Waals surface area contributed by atoms with Gasteiger partial charge in [0.2, 0.25) is 0 Å². The van der Waals surface area contributed by atoms with Crippen LogP contribution in [0.15, 0.2) is 47.4 Å². The van der Waals surface area contributed by atoms with Crippen LogP contribution in [0.4, 0.5) is 9.18 Å². The Balaban J connectivity index is 1.84. The van der Waals surface area contributed by atoms with E-state index in [2.05, 4.69) is 0 Å². The van der Waals surface area contributed by atoms with E-state index in [1.165, 1.54) is 12.1 Å². The number of rotatable bonds is 3. The summed E-state index contributed by atoms with van der Waals surface area (Å²) in [6.07, 6.45) is 1.59. The van der Waals surface area contributed by atoms with E-state index in [1.807, 2.05) is 22.6 Å². The van der Waals surface area contributed by atoms with Crippen LogP contribution in [0.2, 0.25) is 0 Å². The number of hydrogen-bond donors (Lipinski definition) is 1. The molecule has 3 rings (SSSR count). The lowest BCUT2D eigenvalue weighted by molar-refractivity contribution is -0.123. The van der Waals surface area contributed by atoms with E-state index >= 15 is 0 Å². The van der Waals surface area contributed by atoms with Crippen LogP contribution in [0.1, 0.15) is 11.1 Å². The van der Waals surface area contributed by atoms with Gasteiger partial charge in [-0.3, -0.25) is 14.5 Å². The first-order chi connectivity index (χ1) is 11.5. The quantitative estimate of drug-likeness (QED) is 0.552. The summed E-state index contributed by atoms with van der Waals surface area (Å²) in [4.78, 5) is 25.8. The van der Waals surface area contributed by atoms with Gasteiger partial charge in [0.1, 0.15) is 11.6 Å². The zero-order valence-corrected chi connectivity index (χ0v) is 15.2. The van der Waals surface area contributed by atoms with Crippen LogP contribution in [-0.4, -0.2) is 21.2 Å². The highest BCUT2D eigenvalue weighted by Crippen LogP contribution is 2.34. The molecule has 1 fully saturated rings. The van der Waals surface area contributed by atoms with Gasteiger partial charge in [-0.25, -0.2) is 4.39 Å². The molecule has 1 aliphatic rings. The SMILES string of the molecule is O=C1S/C(=C\c2ccc(O)c(I)c2)C(=O)N1Cc1ccccc1F. The number of aromatic hydroxyl groups is 1. The fourth-order valence-corrected chi connectivity index (χ4v) is 3.58. The Labute approximate surface area is 155 Å². The van der Waals surface area contributed by atoms with E-state index in [1.54, 1.807) is 36.4 Å². The van der Waals surface area contributed by atoms with E-state index in [9.17, 15) is 19.1 Å². The van der Waals surface area contributed by atoms with Gasteiger partial charge in [0.15, 0.2) is 0 Å². The van der Waals surface area contributed by atoms with Crippen LogP contribution in [0.5, 0.6) is 5.75 Å². The summed E-state index contributed by atoms with van der Waals surface area (Å²) in [5.74, 6) is -0.745. The number of amides is 2. The number of phenols is 1. The molecule has 0 saturated carbocycles. The second-order valence-corrected chi connectivity index (χ2v) is 7.23. The largest absolute Gasteiger partial charge is 0.507 e. The first-order valence-electron chi connectivity index (χ1n) is 6.93. The minimum absolute atomic E-state index is 0.0954. The highest BCUT2D eigenvalue weighted by atomic mass is 127. The molecule has 0 spiro atoms. The summed E-state index contributed by atoms with van der Waals surface area (Å²) in [5, 5.41) is 9.10. The molecule has 1 saturated heterocycles. The van der Waals surface area contributed by atoms with Gasteiger partial charge < -0.3 is 5.11 Å². The second-order valence-electron chi connectivity index (χ2n) is 5.07. The van der Waals surface area contributed by atoms with Crippen LogP contribution in [-0.2, 0) is 11.3 Å². The molecule has 0 unspecified atom stereocenters. The standard InChI is InChI=1S/C17H11FINO3S/c18-12-4-2-1-3-11(12)9-20-16(22)15(24-17(20)23)8-10-5-6-14(21)13(19)7-10/h1-8,21H,9H2/b15-8-. The summed E-state index contributed by atoms with van der Waals surface area (Å²) in [6, 6.07) is 10.9. The lowest BCUT2D eigenvalue weighted by Gasteiger charge is -2.12. The number of hydrogen-bond acceptors (Lipinski definition) is 4. The number of imide groups is 1. The summed E-state index contributed by atoms with van der Waals surface area (Å²) < 4.78 is 14.4. The number of nitrogens with zero attached hydrogens (tertiary/aromatic N) is 1. The van der Waals surface area contributed by atoms with Crippen LogP contribution < -0.4 is 0 Å². The molecule has 4 nitrogen and oxygen atoms in total. The second kappa shape index (κ2) is 6.94. The molecule has 1 N–H and O–H groups in total. The molecule has 0 aliphatic carbocycles. The highest BCUT2D eigenvalue weighted by Gasteiger charge is 2.35. The van der Waals surface area contributed by atoms with E-state index in [0.717, 1.165) is 16.7 Å². The Kier molecular flexibility index (Phi) is 4.91. The van der Waals surface area contributed by atoms with Crippen molar-refractivity contribution in [3.63, 3.8) is 0 Å². The van der Waals surface area contributed by atoms with E-state index < -0.39 is 17.0 Å². The fraction of sp³-hybridized carbons (Fsp3) is 0.0588. The Bertz CT molecular complexity index is 869. The van der Waals surface area contributed by atoms with Gasteiger partial charge in [0, 0.05) is 5.56 Å². The van der Waals surface area contributed by atoms with Crippen molar-refractivity contribution in [1.29, 1.82) is 0 Å². The zero-order chi connectivity index (χ0) is 17.3. The molecule has 7 heteroatoms. The van der Waals surface area contributed by atoms with Crippen molar-refractivity contribution in [3.8, 4) is 5.75 Å². The maximum absolute atomic E-state index is 13.7. The molecule has 122 valence electrons. The predicted molar refractivity (Wildman–Crippen MR) is 98.7 cm³/mol. The Morgan fingerprint density at radius 3 is 2.67 bits per heavy atom. The lowest BCUT2D eigenvalue weighted by atomic mass is 10.2. The topological polar surface area (TPSA) is 57.6 Å².